The number of hydrogen-bond acceptors (Lipinski definition) is 13. The van der Waals surface area contributed by atoms with Crippen molar-refractivity contribution in [3.63, 3.8) is 0 Å². The van der Waals surface area contributed by atoms with Crippen LogP contribution in [0, 0.1) is 17.2 Å². The Morgan fingerprint density at radius 2 is 1.83 bits per heavy atom. The first-order chi connectivity index (χ1) is 23.6. The van der Waals surface area contributed by atoms with E-state index in [2.05, 4.69) is 46.5 Å². The smallest absolute Gasteiger partial charge is 0.256 e. The van der Waals surface area contributed by atoms with Crippen molar-refractivity contribution in [3.05, 3.63) is 48.7 Å². The van der Waals surface area contributed by atoms with Gasteiger partial charge in [0, 0.05) is 49.6 Å². The van der Waals surface area contributed by atoms with Crippen molar-refractivity contribution >= 4 is 11.6 Å². The number of hydrogen-bond donors (Lipinski definition) is 1. The van der Waals surface area contributed by atoms with Crippen molar-refractivity contribution in [1.29, 1.82) is 5.26 Å². The van der Waals surface area contributed by atoms with Gasteiger partial charge in [-0.25, -0.2) is 14.6 Å². The molecule has 7 rings (SSSR count). The summed E-state index contributed by atoms with van der Waals surface area (Å²) in [6.45, 7) is 8.07. The molecule has 0 amide bonds. The van der Waals surface area contributed by atoms with Crippen LogP contribution in [0.4, 0.5) is 11.6 Å². The first-order valence-corrected chi connectivity index (χ1v) is 16.7. The van der Waals surface area contributed by atoms with Gasteiger partial charge in [0.15, 0.2) is 0 Å². The molecular weight excluding hydrogens is 614 g/mol. The van der Waals surface area contributed by atoms with Gasteiger partial charge < -0.3 is 24.3 Å². The Balaban J connectivity index is 1.04. The topological polar surface area (TPSA) is 163 Å². The highest BCUT2D eigenvalue weighted by atomic mass is 16.5. The Morgan fingerprint density at radius 3 is 2.56 bits per heavy atom. The Kier molecular flexibility index (Phi) is 10.0. The zero-order chi connectivity index (χ0) is 32.7. The number of anilines is 2. The van der Waals surface area contributed by atoms with Gasteiger partial charge in [-0.15, -0.1) is 10.2 Å². The van der Waals surface area contributed by atoms with E-state index >= 15 is 0 Å². The van der Waals surface area contributed by atoms with Crippen LogP contribution in [-0.4, -0.2) is 103 Å². The molecule has 0 spiro atoms. The number of nitriles is 1. The summed E-state index contributed by atoms with van der Waals surface area (Å²) in [5.41, 5.74) is 2.79. The third kappa shape index (κ3) is 7.73. The van der Waals surface area contributed by atoms with Gasteiger partial charge in [-0.1, -0.05) is 6.07 Å². The van der Waals surface area contributed by atoms with Crippen LogP contribution in [0.2, 0.25) is 0 Å². The van der Waals surface area contributed by atoms with E-state index < -0.39 is 0 Å². The van der Waals surface area contributed by atoms with Crippen molar-refractivity contribution in [1.82, 2.24) is 44.9 Å². The monoisotopic (exact) mass is 655 g/mol. The molecule has 252 valence electrons. The standard InChI is InChI=1S/C33H41N11O4/c1-23(18-43-22-37-40-41-43)48-31-14-25(2-3-26(31)15-34)27-16-35-33(36-17-27)38-30-19-44(39-32(30)47-21-24-8-11-46-20-24)29-6-4-28(5-7-29)42-9-12-45-13-10-42/h2-3,14,16-17,19,22-24,28-29H,4-13,18,20-21H2,1H3,(H,35,36,38)/t23-,24?,28?,29?/m0/s1. The predicted octanol–water partition coefficient (Wildman–Crippen LogP) is 3.64. The molecule has 0 radical (unpaired) electrons. The fourth-order valence-electron chi connectivity index (χ4n) is 6.63. The minimum atomic E-state index is -0.267. The van der Waals surface area contributed by atoms with Crippen LogP contribution < -0.4 is 14.8 Å². The molecule has 5 heterocycles. The molecule has 2 saturated heterocycles. The Bertz CT molecular complexity index is 1650. The second-order valence-electron chi connectivity index (χ2n) is 12.7. The van der Waals surface area contributed by atoms with Gasteiger partial charge in [-0.3, -0.25) is 9.58 Å². The van der Waals surface area contributed by atoms with E-state index in [9.17, 15) is 5.26 Å². The molecule has 1 aliphatic carbocycles. The van der Waals surface area contributed by atoms with Crippen LogP contribution in [0.5, 0.6) is 11.6 Å². The van der Waals surface area contributed by atoms with Crippen LogP contribution in [0.15, 0.2) is 43.1 Å². The number of nitrogens with zero attached hydrogens (tertiary/aromatic N) is 10. The Hall–Kier alpha value is -4.65. The van der Waals surface area contributed by atoms with Gasteiger partial charge in [0.2, 0.25) is 5.95 Å². The lowest BCUT2D eigenvalue weighted by atomic mass is 9.90. The van der Waals surface area contributed by atoms with E-state index in [-0.39, 0.29) is 6.10 Å². The summed E-state index contributed by atoms with van der Waals surface area (Å²) in [5, 5.41) is 29.1. The summed E-state index contributed by atoms with van der Waals surface area (Å²) < 4.78 is 27.1. The maximum atomic E-state index is 9.67. The third-order valence-corrected chi connectivity index (χ3v) is 9.28. The fraction of sp³-hybridized carbons (Fsp3) is 0.545. The summed E-state index contributed by atoms with van der Waals surface area (Å²) in [5.74, 6) is 1.81. The van der Waals surface area contributed by atoms with E-state index in [1.54, 1.807) is 23.1 Å². The van der Waals surface area contributed by atoms with Crippen LogP contribution in [0.25, 0.3) is 11.1 Å². The molecule has 1 N–H and O–H groups in total. The van der Waals surface area contributed by atoms with Gasteiger partial charge in [-0.2, -0.15) is 5.26 Å². The highest BCUT2D eigenvalue weighted by molar-refractivity contribution is 5.67. The lowest BCUT2D eigenvalue weighted by Gasteiger charge is -2.38. The Morgan fingerprint density at radius 1 is 1.02 bits per heavy atom. The van der Waals surface area contributed by atoms with Crippen LogP contribution in [0.3, 0.4) is 0 Å². The highest BCUT2D eigenvalue weighted by Gasteiger charge is 2.29. The van der Waals surface area contributed by atoms with Gasteiger partial charge in [0.25, 0.3) is 5.88 Å². The predicted molar refractivity (Wildman–Crippen MR) is 174 cm³/mol. The molecule has 1 unspecified atom stereocenters. The molecule has 3 aromatic heterocycles. The number of morpholine rings is 1. The molecule has 0 bridgehead atoms. The summed E-state index contributed by atoms with van der Waals surface area (Å²) in [6.07, 6.45) is 12.2. The quantitative estimate of drug-likeness (QED) is 0.236. The van der Waals surface area contributed by atoms with Gasteiger partial charge in [0.05, 0.1) is 50.8 Å². The number of aromatic nitrogens is 8. The zero-order valence-corrected chi connectivity index (χ0v) is 27.1. The molecule has 15 nitrogen and oxygen atoms in total. The lowest BCUT2D eigenvalue weighted by molar-refractivity contribution is 0.00502. The van der Waals surface area contributed by atoms with Crippen molar-refractivity contribution in [3.8, 4) is 28.8 Å². The van der Waals surface area contributed by atoms with Gasteiger partial charge >= 0.3 is 0 Å². The van der Waals surface area contributed by atoms with Crippen molar-refractivity contribution in [2.24, 2.45) is 5.92 Å². The maximum absolute atomic E-state index is 9.67. The lowest BCUT2D eigenvalue weighted by Crippen LogP contribution is -2.45. The molecule has 3 fully saturated rings. The highest BCUT2D eigenvalue weighted by Crippen LogP contribution is 2.35. The second-order valence-corrected chi connectivity index (χ2v) is 12.7. The SMILES string of the molecule is C[C@@H](Cn1cnnn1)Oc1cc(-c2cnc(Nc3cn(C4CCC(N5CCOCC5)CC4)nc3OCC3CCOC3)nc2)ccc1C#N. The minimum Gasteiger partial charge on any atom is -0.487 e. The zero-order valence-electron chi connectivity index (χ0n) is 27.1. The van der Waals surface area contributed by atoms with Crippen LogP contribution in [-0.2, 0) is 16.0 Å². The molecule has 1 aromatic carbocycles. The maximum Gasteiger partial charge on any atom is 0.256 e. The van der Waals surface area contributed by atoms with E-state index in [1.807, 2.05) is 25.3 Å². The van der Waals surface area contributed by atoms with Crippen molar-refractivity contribution < 1.29 is 18.9 Å². The molecular formula is C33H41N11O4. The van der Waals surface area contributed by atoms with E-state index in [0.29, 0.717) is 60.9 Å². The molecule has 4 aromatic rings. The molecule has 3 aliphatic rings. The number of ether oxygens (including phenoxy) is 4. The van der Waals surface area contributed by atoms with Crippen LogP contribution in [0.1, 0.15) is 50.6 Å². The number of rotatable bonds is 12. The largest absolute Gasteiger partial charge is 0.487 e. The first kappa shape index (κ1) is 31.9. The van der Waals surface area contributed by atoms with Crippen molar-refractivity contribution in [2.45, 2.75) is 63.8 Å². The molecule has 1 saturated carbocycles. The molecule has 15 heteroatoms. The molecule has 48 heavy (non-hydrogen) atoms. The second kappa shape index (κ2) is 15.1. The van der Waals surface area contributed by atoms with Crippen LogP contribution >= 0.6 is 0 Å². The summed E-state index contributed by atoms with van der Waals surface area (Å²) in [7, 11) is 0. The first-order valence-electron chi connectivity index (χ1n) is 16.7. The average Bonchev–Trinajstić information content (AvgIpc) is 3.92. The third-order valence-electron chi connectivity index (χ3n) is 9.28. The minimum absolute atomic E-state index is 0.267. The molecule has 2 atom stereocenters. The Labute approximate surface area is 279 Å². The van der Waals surface area contributed by atoms with Gasteiger partial charge in [-0.05, 0) is 67.2 Å². The summed E-state index contributed by atoms with van der Waals surface area (Å²) in [6, 6.07) is 8.55. The fourth-order valence-corrected chi connectivity index (χ4v) is 6.63. The number of nitrogens with one attached hydrogen (secondary N) is 1. The van der Waals surface area contributed by atoms with Crippen molar-refractivity contribution in [2.75, 3.05) is 51.4 Å². The average molecular weight is 656 g/mol. The number of tetrazole rings is 1. The van der Waals surface area contributed by atoms with E-state index in [0.717, 1.165) is 81.8 Å². The van der Waals surface area contributed by atoms with Gasteiger partial charge in [0.1, 0.15) is 29.9 Å². The summed E-state index contributed by atoms with van der Waals surface area (Å²) in [4.78, 5) is 11.8. The molecule has 2 aliphatic heterocycles. The normalized spacial score (nSPS) is 22.2. The summed E-state index contributed by atoms with van der Waals surface area (Å²) >= 11 is 0. The van der Waals surface area contributed by atoms with E-state index in [1.165, 1.54) is 6.33 Å². The van der Waals surface area contributed by atoms with E-state index in [4.69, 9.17) is 24.0 Å². The number of benzene rings is 1.